The summed E-state index contributed by atoms with van der Waals surface area (Å²) in [5.41, 5.74) is 3.63. The van der Waals surface area contributed by atoms with Crippen molar-refractivity contribution in [3.05, 3.63) is 54.2 Å². The highest BCUT2D eigenvalue weighted by molar-refractivity contribution is 5.66. The highest BCUT2D eigenvalue weighted by Gasteiger charge is 2.07. The quantitative estimate of drug-likeness (QED) is 0.838. The molecule has 0 spiro atoms. The third-order valence-corrected chi connectivity index (χ3v) is 2.80. The van der Waals surface area contributed by atoms with Crippen molar-refractivity contribution in [3.63, 3.8) is 0 Å². The second-order valence-electron chi connectivity index (χ2n) is 4.06. The van der Waals surface area contributed by atoms with Crippen molar-refractivity contribution >= 4 is 5.76 Å². The number of pyridine rings is 1. The Morgan fingerprint density at radius 2 is 2.11 bits per heavy atom. The molecule has 1 heterocycles. The topological polar surface area (TPSA) is 42.4 Å². The molecule has 0 bridgehead atoms. The van der Waals surface area contributed by atoms with Crippen LogP contribution >= 0.6 is 0 Å². The molecule has 18 heavy (non-hydrogen) atoms. The van der Waals surface area contributed by atoms with Crippen LogP contribution in [0, 0.1) is 6.92 Å². The summed E-state index contributed by atoms with van der Waals surface area (Å²) in [7, 11) is 1.59. The predicted octanol–water partition coefficient (Wildman–Crippen LogP) is 3.38. The van der Waals surface area contributed by atoms with Gasteiger partial charge in [0.15, 0.2) is 0 Å². The van der Waals surface area contributed by atoms with Crippen molar-refractivity contribution in [2.75, 3.05) is 7.11 Å². The number of rotatable bonds is 3. The summed E-state index contributed by atoms with van der Waals surface area (Å²) in [5.74, 6) is 0.833. The molecule has 0 amide bonds. The van der Waals surface area contributed by atoms with Crippen LogP contribution < -0.4 is 0 Å². The van der Waals surface area contributed by atoms with Gasteiger partial charge < -0.3 is 9.84 Å². The zero-order valence-electron chi connectivity index (χ0n) is 10.5. The number of phenolic OH excluding ortho intramolecular Hbond substituents is 1. The van der Waals surface area contributed by atoms with E-state index in [1.54, 1.807) is 31.5 Å². The molecule has 2 aromatic rings. The summed E-state index contributed by atoms with van der Waals surface area (Å²) >= 11 is 0. The van der Waals surface area contributed by atoms with Crippen molar-refractivity contribution in [1.29, 1.82) is 0 Å². The molecular formula is C15H15NO2. The molecule has 0 saturated carbocycles. The van der Waals surface area contributed by atoms with Crippen LogP contribution in [0.5, 0.6) is 5.75 Å². The van der Waals surface area contributed by atoms with E-state index in [2.05, 4.69) is 11.6 Å². The molecule has 0 aliphatic heterocycles. The van der Waals surface area contributed by atoms with E-state index < -0.39 is 0 Å². The van der Waals surface area contributed by atoms with E-state index in [4.69, 9.17) is 4.74 Å². The van der Waals surface area contributed by atoms with Gasteiger partial charge in [0, 0.05) is 17.3 Å². The molecule has 2 rings (SSSR count). The molecule has 0 radical (unpaired) electrons. The molecular weight excluding hydrogens is 226 g/mol. The minimum Gasteiger partial charge on any atom is -0.508 e. The Hall–Kier alpha value is -2.29. The molecule has 0 aliphatic rings. The van der Waals surface area contributed by atoms with Crippen molar-refractivity contribution < 1.29 is 9.84 Å². The molecule has 0 saturated heterocycles. The normalized spacial score (nSPS) is 10.1. The minimum atomic E-state index is 0.234. The second kappa shape index (κ2) is 4.92. The summed E-state index contributed by atoms with van der Waals surface area (Å²) in [4.78, 5) is 4.37. The molecule has 92 valence electrons. The highest BCUT2D eigenvalue weighted by atomic mass is 16.5. The third kappa shape index (κ3) is 2.35. The molecule has 3 heteroatoms. The van der Waals surface area contributed by atoms with Crippen molar-refractivity contribution in [2.45, 2.75) is 6.92 Å². The SMILES string of the molecule is C=C(OC)c1cnc(-c2cccc(O)c2)cc1C. The summed E-state index contributed by atoms with van der Waals surface area (Å²) in [5, 5.41) is 9.46. The predicted molar refractivity (Wildman–Crippen MR) is 72.1 cm³/mol. The number of aryl methyl sites for hydroxylation is 1. The average molecular weight is 241 g/mol. The van der Waals surface area contributed by atoms with E-state index in [1.807, 2.05) is 19.1 Å². The van der Waals surface area contributed by atoms with Gasteiger partial charge in [-0.1, -0.05) is 18.7 Å². The number of nitrogens with zero attached hydrogens (tertiary/aromatic N) is 1. The summed E-state index contributed by atoms with van der Waals surface area (Å²) < 4.78 is 5.11. The highest BCUT2D eigenvalue weighted by Crippen LogP contribution is 2.25. The zero-order chi connectivity index (χ0) is 13.1. The number of phenols is 1. The fourth-order valence-corrected chi connectivity index (χ4v) is 1.78. The first-order valence-electron chi connectivity index (χ1n) is 5.61. The average Bonchev–Trinajstić information content (AvgIpc) is 2.37. The maximum absolute atomic E-state index is 9.46. The van der Waals surface area contributed by atoms with Crippen molar-refractivity contribution in [3.8, 4) is 17.0 Å². The maximum atomic E-state index is 9.46. The van der Waals surface area contributed by atoms with E-state index in [0.717, 1.165) is 22.4 Å². The Balaban J connectivity index is 2.43. The smallest absolute Gasteiger partial charge is 0.120 e. The molecule has 0 aliphatic carbocycles. The number of ether oxygens (including phenoxy) is 1. The van der Waals surface area contributed by atoms with Gasteiger partial charge in [0.2, 0.25) is 0 Å². The van der Waals surface area contributed by atoms with E-state index >= 15 is 0 Å². The number of aromatic nitrogens is 1. The number of methoxy groups -OCH3 is 1. The second-order valence-corrected chi connectivity index (χ2v) is 4.06. The van der Waals surface area contributed by atoms with Gasteiger partial charge in [-0.3, -0.25) is 4.98 Å². The van der Waals surface area contributed by atoms with Gasteiger partial charge in [0.25, 0.3) is 0 Å². The fraction of sp³-hybridized carbons (Fsp3) is 0.133. The maximum Gasteiger partial charge on any atom is 0.120 e. The lowest BCUT2D eigenvalue weighted by molar-refractivity contribution is 0.371. The van der Waals surface area contributed by atoms with Crippen LogP contribution in [0.15, 0.2) is 43.1 Å². The molecule has 0 unspecified atom stereocenters. The van der Waals surface area contributed by atoms with Crippen LogP contribution in [0.25, 0.3) is 17.0 Å². The molecule has 3 nitrogen and oxygen atoms in total. The molecule has 1 aromatic carbocycles. The van der Waals surface area contributed by atoms with Crippen LogP contribution in [-0.2, 0) is 4.74 Å². The van der Waals surface area contributed by atoms with Crippen LogP contribution in [0.4, 0.5) is 0 Å². The molecule has 0 fully saturated rings. The Morgan fingerprint density at radius 3 is 2.72 bits per heavy atom. The van der Waals surface area contributed by atoms with Gasteiger partial charge in [0.05, 0.1) is 12.8 Å². The van der Waals surface area contributed by atoms with Gasteiger partial charge in [-0.05, 0) is 30.7 Å². The van der Waals surface area contributed by atoms with Crippen molar-refractivity contribution in [1.82, 2.24) is 4.98 Å². The van der Waals surface area contributed by atoms with Crippen LogP contribution in [-0.4, -0.2) is 17.2 Å². The first kappa shape index (κ1) is 12.2. The van der Waals surface area contributed by atoms with E-state index in [9.17, 15) is 5.11 Å². The van der Waals surface area contributed by atoms with Crippen molar-refractivity contribution in [2.24, 2.45) is 0 Å². The van der Waals surface area contributed by atoms with E-state index in [-0.39, 0.29) is 5.75 Å². The lowest BCUT2D eigenvalue weighted by Gasteiger charge is -2.09. The number of benzene rings is 1. The lowest BCUT2D eigenvalue weighted by Crippen LogP contribution is -1.93. The van der Waals surface area contributed by atoms with Crippen LogP contribution in [0.2, 0.25) is 0 Å². The van der Waals surface area contributed by atoms with Gasteiger partial charge in [-0.15, -0.1) is 0 Å². The zero-order valence-corrected chi connectivity index (χ0v) is 10.5. The monoisotopic (exact) mass is 241 g/mol. The van der Waals surface area contributed by atoms with Gasteiger partial charge in [0.1, 0.15) is 11.5 Å². The first-order valence-corrected chi connectivity index (χ1v) is 5.61. The van der Waals surface area contributed by atoms with Crippen LogP contribution in [0.1, 0.15) is 11.1 Å². The standard InChI is InChI=1S/C15H15NO2/c1-10-7-15(12-5-4-6-13(17)8-12)16-9-14(10)11(2)18-3/h4-9,17H,2H2,1,3H3. The summed E-state index contributed by atoms with van der Waals surface area (Å²) in [6.07, 6.45) is 1.74. The fourth-order valence-electron chi connectivity index (χ4n) is 1.78. The van der Waals surface area contributed by atoms with E-state index in [1.165, 1.54) is 0 Å². The molecule has 0 atom stereocenters. The number of hydrogen-bond donors (Lipinski definition) is 1. The minimum absolute atomic E-state index is 0.234. The lowest BCUT2D eigenvalue weighted by atomic mass is 10.1. The number of aromatic hydroxyl groups is 1. The summed E-state index contributed by atoms with van der Waals surface area (Å²) in [6.45, 7) is 5.80. The van der Waals surface area contributed by atoms with Crippen LogP contribution in [0.3, 0.4) is 0 Å². The number of hydrogen-bond acceptors (Lipinski definition) is 3. The largest absolute Gasteiger partial charge is 0.508 e. The third-order valence-electron chi connectivity index (χ3n) is 2.80. The Labute approximate surface area is 106 Å². The molecule has 1 aromatic heterocycles. The van der Waals surface area contributed by atoms with Gasteiger partial charge in [-0.2, -0.15) is 0 Å². The summed E-state index contributed by atoms with van der Waals surface area (Å²) in [6, 6.07) is 8.98. The molecule has 1 N–H and O–H groups in total. The van der Waals surface area contributed by atoms with E-state index in [0.29, 0.717) is 5.76 Å². The van der Waals surface area contributed by atoms with Gasteiger partial charge in [-0.25, -0.2) is 0 Å². The Morgan fingerprint density at radius 1 is 1.33 bits per heavy atom. The van der Waals surface area contributed by atoms with Gasteiger partial charge >= 0.3 is 0 Å². The first-order chi connectivity index (χ1) is 8.61. The Bertz CT molecular complexity index is 591. The Kier molecular flexibility index (Phi) is 3.33.